The van der Waals surface area contributed by atoms with Crippen LogP contribution in [0.25, 0.3) is 6.08 Å². The van der Waals surface area contributed by atoms with Crippen molar-refractivity contribution in [2.75, 3.05) is 44.2 Å². The molecule has 3 aliphatic rings. The van der Waals surface area contributed by atoms with E-state index in [4.69, 9.17) is 4.74 Å². The van der Waals surface area contributed by atoms with E-state index in [0.29, 0.717) is 12.6 Å². The van der Waals surface area contributed by atoms with Crippen molar-refractivity contribution in [3.63, 3.8) is 0 Å². The van der Waals surface area contributed by atoms with Gasteiger partial charge >= 0.3 is 6.09 Å². The lowest BCUT2D eigenvalue weighted by Crippen LogP contribution is -2.52. The zero-order chi connectivity index (χ0) is 22.0. The van der Waals surface area contributed by atoms with E-state index in [1.807, 2.05) is 23.6 Å². The fourth-order valence-electron chi connectivity index (χ4n) is 5.64. The maximum absolute atomic E-state index is 12.3. The number of hydrogen-bond donors (Lipinski definition) is 0. The lowest BCUT2D eigenvalue weighted by Gasteiger charge is -2.45. The summed E-state index contributed by atoms with van der Waals surface area (Å²) in [5.74, 6) is 0.130. The summed E-state index contributed by atoms with van der Waals surface area (Å²) >= 11 is 0. The third-order valence-corrected chi connectivity index (χ3v) is 7.34. The fourth-order valence-corrected chi connectivity index (χ4v) is 5.64. The van der Waals surface area contributed by atoms with E-state index in [-0.39, 0.29) is 17.4 Å². The molecule has 4 rings (SSSR count). The van der Waals surface area contributed by atoms with Gasteiger partial charge in [0.25, 0.3) is 0 Å². The molecule has 0 aromatic heterocycles. The van der Waals surface area contributed by atoms with Crippen molar-refractivity contribution in [1.82, 2.24) is 9.80 Å². The van der Waals surface area contributed by atoms with Gasteiger partial charge in [0.15, 0.2) is 0 Å². The molecule has 0 saturated carbocycles. The molecule has 3 heterocycles. The summed E-state index contributed by atoms with van der Waals surface area (Å²) in [6.45, 7) is 10.4. The number of ether oxygens (including phenoxy) is 1. The van der Waals surface area contributed by atoms with Gasteiger partial charge in [0.1, 0.15) is 0 Å². The monoisotopic (exact) mass is 425 g/mol. The van der Waals surface area contributed by atoms with Gasteiger partial charge in [0, 0.05) is 43.7 Å². The van der Waals surface area contributed by atoms with Gasteiger partial charge in [-0.2, -0.15) is 0 Å². The Morgan fingerprint density at radius 3 is 2.48 bits per heavy atom. The van der Waals surface area contributed by atoms with Crippen LogP contribution in [0.1, 0.15) is 57.6 Å². The van der Waals surface area contributed by atoms with E-state index in [9.17, 15) is 9.59 Å². The second-order valence-electron chi connectivity index (χ2n) is 9.12. The van der Waals surface area contributed by atoms with E-state index >= 15 is 0 Å². The minimum Gasteiger partial charge on any atom is -0.450 e. The number of hydrogen-bond acceptors (Lipinski definition) is 4. The predicted molar refractivity (Wildman–Crippen MR) is 123 cm³/mol. The molecule has 0 bridgehead atoms. The normalized spacial score (nSPS) is 21.6. The molecule has 0 atom stereocenters. The minimum absolute atomic E-state index is 0.0563. The summed E-state index contributed by atoms with van der Waals surface area (Å²) in [5.41, 5.74) is 3.70. The summed E-state index contributed by atoms with van der Waals surface area (Å²) in [4.78, 5) is 30.8. The Kier molecular flexibility index (Phi) is 6.37. The SMILES string of the molecule is CC=Cc1ccc2c(c1)C1(CCN(C3CCN(C(=O)OCC)CC3)CC1)CN2C(C)=O. The first kappa shape index (κ1) is 21.9. The van der Waals surface area contributed by atoms with E-state index in [2.05, 4.69) is 35.3 Å². The summed E-state index contributed by atoms with van der Waals surface area (Å²) < 4.78 is 5.15. The maximum atomic E-state index is 12.3. The Balaban J connectivity index is 1.44. The molecule has 2 amide bonds. The molecule has 1 aromatic carbocycles. The number of likely N-dealkylation sites (tertiary alicyclic amines) is 2. The molecule has 2 fully saturated rings. The Bertz CT molecular complexity index is 850. The van der Waals surface area contributed by atoms with Crippen molar-refractivity contribution < 1.29 is 14.3 Å². The number of carbonyl (C=O) groups excluding carboxylic acids is 2. The summed E-state index contributed by atoms with van der Waals surface area (Å²) in [5, 5.41) is 0. The molecule has 6 nitrogen and oxygen atoms in total. The smallest absolute Gasteiger partial charge is 0.409 e. The van der Waals surface area contributed by atoms with E-state index in [1.54, 1.807) is 6.92 Å². The second-order valence-corrected chi connectivity index (χ2v) is 9.12. The van der Waals surface area contributed by atoms with Crippen molar-refractivity contribution in [2.45, 2.75) is 57.9 Å². The van der Waals surface area contributed by atoms with Crippen LogP contribution < -0.4 is 4.90 Å². The largest absolute Gasteiger partial charge is 0.450 e. The van der Waals surface area contributed by atoms with Crippen molar-refractivity contribution in [3.8, 4) is 0 Å². The van der Waals surface area contributed by atoms with E-state index in [1.165, 1.54) is 11.1 Å². The number of allylic oxidation sites excluding steroid dienone is 1. The average molecular weight is 426 g/mol. The predicted octanol–water partition coefficient (Wildman–Crippen LogP) is 4.04. The highest BCUT2D eigenvalue weighted by atomic mass is 16.6. The van der Waals surface area contributed by atoms with Crippen LogP contribution in [-0.4, -0.2) is 67.2 Å². The Hall–Kier alpha value is -2.34. The van der Waals surface area contributed by atoms with Gasteiger partial charge in [-0.3, -0.25) is 4.79 Å². The van der Waals surface area contributed by atoms with Gasteiger partial charge in [0.05, 0.1) is 6.61 Å². The number of nitrogens with zero attached hydrogens (tertiary/aromatic N) is 3. The number of rotatable bonds is 3. The third-order valence-electron chi connectivity index (χ3n) is 7.34. The van der Waals surface area contributed by atoms with Gasteiger partial charge < -0.3 is 19.4 Å². The van der Waals surface area contributed by atoms with E-state index < -0.39 is 0 Å². The van der Waals surface area contributed by atoms with Crippen molar-refractivity contribution in [3.05, 3.63) is 35.4 Å². The zero-order valence-electron chi connectivity index (χ0n) is 19.1. The molecule has 0 N–H and O–H groups in total. The number of carbonyl (C=O) groups is 2. The number of amides is 2. The number of anilines is 1. The maximum Gasteiger partial charge on any atom is 0.409 e. The molecule has 0 unspecified atom stereocenters. The lowest BCUT2D eigenvalue weighted by molar-refractivity contribution is -0.116. The van der Waals surface area contributed by atoms with Crippen molar-refractivity contribution in [2.24, 2.45) is 0 Å². The first-order valence-electron chi connectivity index (χ1n) is 11.7. The number of benzene rings is 1. The van der Waals surface area contributed by atoms with Gasteiger partial charge in [-0.25, -0.2) is 4.79 Å². The summed E-state index contributed by atoms with van der Waals surface area (Å²) in [7, 11) is 0. The molecule has 1 spiro atoms. The van der Waals surface area contributed by atoms with Crippen LogP contribution in [0.3, 0.4) is 0 Å². The standard InChI is InChI=1S/C25H35N3O3/c1-4-6-20-7-8-23-22(17-20)25(18-28(23)19(3)29)11-15-26(16-12-25)21-9-13-27(14-10-21)24(30)31-5-2/h4,6-8,17,21H,5,9-16,18H2,1-3H3. The van der Waals surface area contributed by atoms with Crippen LogP contribution in [0, 0.1) is 0 Å². The Morgan fingerprint density at radius 1 is 1.16 bits per heavy atom. The molecular formula is C25H35N3O3. The first-order chi connectivity index (χ1) is 15.0. The highest BCUT2D eigenvalue weighted by molar-refractivity contribution is 5.95. The molecule has 168 valence electrons. The van der Waals surface area contributed by atoms with Crippen LogP contribution in [-0.2, 0) is 14.9 Å². The highest BCUT2D eigenvalue weighted by Crippen LogP contribution is 2.48. The van der Waals surface area contributed by atoms with Gasteiger partial charge in [0.2, 0.25) is 5.91 Å². The number of piperidine rings is 2. The quantitative estimate of drug-likeness (QED) is 0.733. The molecule has 31 heavy (non-hydrogen) atoms. The second kappa shape index (κ2) is 9.03. The van der Waals surface area contributed by atoms with Crippen molar-refractivity contribution >= 4 is 23.8 Å². The summed E-state index contributed by atoms with van der Waals surface area (Å²) in [6, 6.07) is 7.06. The Labute approximate surface area is 185 Å². The molecule has 2 saturated heterocycles. The molecule has 6 heteroatoms. The van der Waals surface area contributed by atoms with E-state index in [0.717, 1.165) is 64.1 Å². The average Bonchev–Trinajstić information content (AvgIpc) is 3.09. The first-order valence-corrected chi connectivity index (χ1v) is 11.7. The van der Waals surface area contributed by atoms with Crippen LogP contribution in [0.5, 0.6) is 0 Å². The van der Waals surface area contributed by atoms with Crippen LogP contribution >= 0.6 is 0 Å². The highest BCUT2D eigenvalue weighted by Gasteiger charge is 2.46. The molecule has 0 aliphatic carbocycles. The van der Waals surface area contributed by atoms with Crippen LogP contribution in [0.4, 0.5) is 10.5 Å². The topological polar surface area (TPSA) is 53.1 Å². The fraction of sp³-hybridized carbons (Fsp3) is 0.600. The Morgan fingerprint density at radius 2 is 1.87 bits per heavy atom. The summed E-state index contributed by atoms with van der Waals surface area (Å²) in [6.07, 6.45) is 8.18. The van der Waals surface area contributed by atoms with Gasteiger partial charge in [-0.15, -0.1) is 0 Å². The number of fused-ring (bicyclic) bond motifs is 2. The molecule has 0 radical (unpaired) electrons. The molecule has 3 aliphatic heterocycles. The molecular weight excluding hydrogens is 390 g/mol. The third kappa shape index (κ3) is 4.22. The van der Waals surface area contributed by atoms with Crippen molar-refractivity contribution in [1.29, 1.82) is 0 Å². The van der Waals surface area contributed by atoms with Gasteiger partial charge in [-0.05, 0) is 75.9 Å². The lowest BCUT2D eigenvalue weighted by atomic mass is 9.73. The van der Waals surface area contributed by atoms with Crippen LogP contribution in [0.15, 0.2) is 24.3 Å². The zero-order valence-corrected chi connectivity index (χ0v) is 19.1. The van der Waals surface area contributed by atoms with Gasteiger partial charge in [-0.1, -0.05) is 18.2 Å². The van der Waals surface area contributed by atoms with Crippen LogP contribution in [0.2, 0.25) is 0 Å². The minimum atomic E-state index is -0.178. The molecule has 1 aromatic rings.